The molecule has 16 heavy (non-hydrogen) atoms. The van der Waals surface area contributed by atoms with Gasteiger partial charge in [-0.3, -0.25) is 4.79 Å². The molecule has 0 radical (unpaired) electrons. The van der Waals surface area contributed by atoms with Crippen LogP contribution in [0.15, 0.2) is 24.3 Å². The van der Waals surface area contributed by atoms with Crippen molar-refractivity contribution in [2.75, 3.05) is 7.11 Å². The summed E-state index contributed by atoms with van der Waals surface area (Å²) in [5, 5.41) is 10.0. The second kappa shape index (κ2) is 4.07. The van der Waals surface area contributed by atoms with Gasteiger partial charge in [-0.05, 0) is 30.5 Å². The van der Waals surface area contributed by atoms with Crippen LogP contribution < -0.4 is 0 Å². The molecule has 1 saturated carbocycles. The lowest BCUT2D eigenvalue weighted by Crippen LogP contribution is -2.51. The minimum absolute atomic E-state index is 0.292. The van der Waals surface area contributed by atoms with Crippen molar-refractivity contribution in [3.8, 4) is 0 Å². The fraction of sp³-hybridized carbons (Fsp3) is 0.417. The van der Waals surface area contributed by atoms with E-state index in [-0.39, 0.29) is 5.97 Å². The molecule has 1 aliphatic rings. The van der Waals surface area contributed by atoms with Gasteiger partial charge in [0.25, 0.3) is 0 Å². The van der Waals surface area contributed by atoms with Gasteiger partial charge in [0, 0.05) is 5.02 Å². The smallest absolute Gasteiger partial charge is 0.316 e. The summed E-state index contributed by atoms with van der Waals surface area (Å²) in [7, 11) is 1.37. The SMILES string of the molecule is COC(=O)[C@]1(c2ccc(Cl)cc2)C[C@H](O)C1. The van der Waals surface area contributed by atoms with Gasteiger partial charge in [0.15, 0.2) is 0 Å². The highest BCUT2D eigenvalue weighted by molar-refractivity contribution is 6.30. The Morgan fingerprint density at radius 3 is 2.44 bits per heavy atom. The fourth-order valence-corrected chi connectivity index (χ4v) is 2.36. The highest BCUT2D eigenvalue weighted by atomic mass is 35.5. The van der Waals surface area contributed by atoms with Crippen LogP contribution in [-0.2, 0) is 14.9 Å². The second-order valence-electron chi connectivity index (χ2n) is 4.14. The summed E-state index contributed by atoms with van der Waals surface area (Å²) < 4.78 is 4.81. The number of aliphatic hydroxyl groups excluding tert-OH is 1. The number of aliphatic hydroxyl groups is 1. The minimum atomic E-state index is -0.682. The molecule has 0 bridgehead atoms. The molecule has 0 atom stereocenters. The van der Waals surface area contributed by atoms with Gasteiger partial charge < -0.3 is 9.84 Å². The van der Waals surface area contributed by atoms with Gasteiger partial charge in [0.1, 0.15) is 0 Å². The maximum Gasteiger partial charge on any atom is 0.316 e. The first kappa shape index (κ1) is 11.4. The van der Waals surface area contributed by atoms with Gasteiger partial charge in [-0.2, -0.15) is 0 Å². The molecule has 2 rings (SSSR count). The molecule has 1 aromatic carbocycles. The molecule has 3 nitrogen and oxygen atoms in total. The Bertz CT molecular complexity index is 393. The predicted octanol–water partition coefficient (Wildman–Crippen LogP) is 1.91. The van der Waals surface area contributed by atoms with Crippen LogP contribution in [0.1, 0.15) is 18.4 Å². The molecule has 0 aromatic heterocycles. The lowest BCUT2D eigenvalue weighted by molar-refractivity contribution is -0.156. The van der Waals surface area contributed by atoms with E-state index in [4.69, 9.17) is 16.3 Å². The normalized spacial score (nSPS) is 28.3. The molecule has 0 heterocycles. The van der Waals surface area contributed by atoms with Crippen molar-refractivity contribution >= 4 is 17.6 Å². The molecule has 86 valence electrons. The molecule has 0 unspecified atom stereocenters. The van der Waals surface area contributed by atoms with Crippen LogP contribution in [0.25, 0.3) is 0 Å². The van der Waals surface area contributed by atoms with E-state index in [9.17, 15) is 9.90 Å². The van der Waals surface area contributed by atoms with E-state index in [0.717, 1.165) is 5.56 Å². The number of halogens is 1. The zero-order chi connectivity index (χ0) is 11.8. The molecular formula is C12H13ClO3. The largest absolute Gasteiger partial charge is 0.468 e. The molecule has 1 N–H and O–H groups in total. The summed E-state index contributed by atoms with van der Waals surface area (Å²) >= 11 is 5.80. The zero-order valence-corrected chi connectivity index (χ0v) is 9.70. The van der Waals surface area contributed by atoms with Crippen molar-refractivity contribution in [1.29, 1.82) is 0 Å². The molecule has 0 aliphatic heterocycles. The van der Waals surface area contributed by atoms with Crippen LogP contribution in [0.5, 0.6) is 0 Å². The minimum Gasteiger partial charge on any atom is -0.468 e. The Hall–Kier alpha value is -1.06. The average Bonchev–Trinajstić information content (AvgIpc) is 2.25. The Balaban J connectivity index is 2.34. The Kier molecular flexibility index (Phi) is 2.91. The third-order valence-electron chi connectivity index (χ3n) is 3.14. The van der Waals surface area contributed by atoms with E-state index >= 15 is 0 Å². The molecular weight excluding hydrogens is 228 g/mol. The van der Waals surface area contributed by atoms with Crippen molar-refractivity contribution in [3.63, 3.8) is 0 Å². The third-order valence-corrected chi connectivity index (χ3v) is 3.39. The maximum absolute atomic E-state index is 11.8. The number of esters is 1. The van der Waals surface area contributed by atoms with E-state index in [1.807, 2.05) is 12.1 Å². The first-order chi connectivity index (χ1) is 7.58. The van der Waals surface area contributed by atoms with Gasteiger partial charge in [0.05, 0.1) is 18.6 Å². The number of hydrogen-bond donors (Lipinski definition) is 1. The lowest BCUT2D eigenvalue weighted by Gasteiger charge is -2.43. The first-order valence-corrected chi connectivity index (χ1v) is 5.49. The zero-order valence-electron chi connectivity index (χ0n) is 8.94. The number of benzene rings is 1. The molecule has 1 aliphatic carbocycles. The van der Waals surface area contributed by atoms with Crippen molar-refractivity contribution in [2.24, 2.45) is 0 Å². The molecule has 1 fully saturated rings. The van der Waals surface area contributed by atoms with Gasteiger partial charge in [-0.25, -0.2) is 0 Å². The highest BCUT2D eigenvalue weighted by Crippen LogP contribution is 2.45. The van der Waals surface area contributed by atoms with Crippen molar-refractivity contribution in [3.05, 3.63) is 34.9 Å². The molecule has 0 saturated heterocycles. The van der Waals surface area contributed by atoms with E-state index in [0.29, 0.717) is 17.9 Å². The van der Waals surface area contributed by atoms with Crippen LogP contribution in [0, 0.1) is 0 Å². The molecule has 0 spiro atoms. The van der Waals surface area contributed by atoms with E-state index in [1.165, 1.54) is 7.11 Å². The second-order valence-corrected chi connectivity index (χ2v) is 4.58. The number of carbonyl (C=O) groups excluding carboxylic acids is 1. The van der Waals surface area contributed by atoms with Crippen LogP contribution in [0.4, 0.5) is 0 Å². The van der Waals surface area contributed by atoms with Gasteiger partial charge in [0.2, 0.25) is 0 Å². The number of carbonyl (C=O) groups is 1. The highest BCUT2D eigenvalue weighted by Gasteiger charge is 2.51. The summed E-state index contributed by atoms with van der Waals surface area (Å²) in [6.45, 7) is 0. The first-order valence-electron chi connectivity index (χ1n) is 5.11. The van der Waals surface area contributed by atoms with Gasteiger partial charge in [-0.1, -0.05) is 23.7 Å². The Morgan fingerprint density at radius 2 is 2.00 bits per heavy atom. The van der Waals surface area contributed by atoms with Gasteiger partial charge >= 0.3 is 5.97 Å². The van der Waals surface area contributed by atoms with E-state index < -0.39 is 11.5 Å². The van der Waals surface area contributed by atoms with E-state index in [1.54, 1.807) is 12.1 Å². The van der Waals surface area contributed by atoms with Crippen molar-refractivity contribution in [2.45, 2.75) is 24.4 Å². The number of hydrogen-bond acceptors (Lipinski definition) is 3. The van der Waals surface area contributed by atoms with Crippen LogP contribution in [-0.4, -0.2) is 24.3 Å². The molecule has 1 aromatic rings. The predicted molar refractivity (Wildman–Crippen MR) is 60.4 cm³/mol. The monoisotopic (exact) mass is 240 g/mol. The van der Waals surface area contributed by atoms with Crippen molar-refractivity contribution in [1.82, 2.24) is 0 Å². The number of methoxy groups -OCH3 is 1. The van der Waals surface area contributed by atoms with Crippen LogP contribution >= 0.6 is 11.6 Å². The summed E-state index contributed by atoms with van der Waals surface area (Å²) in [5.74, 6) is -0.292. The molecule has 0 amide bonds. The third kappa shape index (κ3) is 1.70. The lowest BCUT2D eigenvalue weighted by atomic mass is 9.63. The van der Waals surface area contributed by atoms with Crippen LogP contribution in [0.2, 0.25) is 5.02 Å². The summed E-state index contributed by atoms with van der Waals surface area (Å²) in [4.78, 5) is 11.8. The number of rotatable bonds is 2. The maximum atomic E-state index is 11.8. The van der Waals surface area contributed by atoms with E-state index in [2.05, 4.69) is 0 Å². The summed E-state index contributed by atoms with van der Waals surface area (Å²) in [5.41, 5.74) is 0.174. The van der Waals surface area contributed by atoms with Gasteiger partial charge in [-0.15, -0.1) is 0 Å². The molecule has 4 heteroatoms. The Labute approximate surface area is 99.0 Å². The quantitative estimate of drug-likeness (QED) is 0.804. The topological polar surface area (TPSA) is 46.5 Å². The van der Waals surface area contributed by atoms with Crippen molar-refractivity contribution < 1.29 is 14.6 Å². The summed E-state index contributed by atoms with van der Waals surface area (Å²) in [6.07, 6.45) is 0.414. The standard InChI is InChI=1S/C12H13ClO3/c1-16-11(15)12(6-10(14)7-12)8-2-4-9(13)5-3-8/h2-5,10,14H,6-7H2,1H3/t10-,12+. The van der Waals surface area contributed by atoms with Crippen LogP contribution in [0.3, 0.4) is 0 Å². The fourth-order valence-electron chi connectivity index (χ4n) is 2.23. The Morgan fingerprint density at radius 1 is 1.44 bits per heavy atom. The average molecular weight is 241 g/mol. The summed E-state index contributed by atoms with van der Waals surface area (Å²) in [6, 6.07) is 7.11. The number of ether oxygens (including phenoxy) is 1.